The summed E-state index contributed by atoms with van der Waals surface area (Å²) in [5.74, 6) is 0. The Labute approximate surface area is 127 Å². The molecule has 20 heavy (non-hydrogen) atoms. The first-order chi connectivity index (χ1) is 9.63. The van der Waals surface area contributed by atoms with Crippen LogP contribution in [0.3, 0.4) is 0 Å². The Morgan fingerprint density at radius 3 is 2.45 bits per heavy atom. The van der Waals surface area contributed by atoms with Gasteiger partial charge in [-0.2, -0.15) is 0 Å². The van der Waals surface area contributed by atoms with Gasteiger partial charge < -0.3 is 5.32 Å². The molecule has 0 aliphatic rings. The molecule has 2 aromatic carbocycles. The van der Waals surface area contributed by atoms with E-state index < -0.39 is 0 Å². The molecule has 0 bridgehead atoms. The monoisotopic (exact) mass is 287 g/mol. The van der Waals surface area contributed by atoms with Gasteiger partial charge in [-0.3, -0.25) is 0 Å². The van der Waals surface area contributed by atoms with Crippen LogP contribution < -0.4 is 5.32 Å². The zero-order valence-electron chi connectivity index (χ0n) is 12.5. The summed E-state index contributed by atoms with van der Waals surface area (Å²) in [5, 5.41) is 4.29. The molecule has 0 atom stereocenters. The standard InChI is InChI=1S/C18H22ClN/c1-4-9-20-12-15-7-5-6-8-16(15)17-10-13(2)14(3)11-18(17)19/h5-8,10-11,20H,4,9,12H2,1-3H3. The first-order valence-corrected chi connectivity index (χ1v) is 7.57. The smallest absolute Gasteiger partial charge is 0.0487 e. The van der Waals surface area contributed by atoms with Crippen LogP contribution in [-0.4, -0.2) is 6.54 Å². The lowest BCUT2D eigenvalue weighted by molar-refractivity contribution is 0.676. The van der Waals surface area contributed by atoms with Crippen LogP contribution in [0.4, 0.5) is 0 Å². The Bertz CT molecular complexity index is 590. The van der Waals surface area contributed by atoms with Gasteiger partial charge in [0.1, 0.15) is 0 Å². The molecule has 0 heterocycles. The minimum absolute atomic E-state index is 0.830. The van der Waals surface area contributed by atoms with Crippen molar-refractivity contribution in [3.05, 3.63) is 58.1 Å². The Morgan fingerprint density at radius 2 is 1.70 bits per heavy atom. The topological polar surface area (TPSA) is 12.0 Å². The molecule has 1 N–H and O–H groups in total. The van der Waals surface area contributed by atoms with Crippen molar-refractivity contribution in [2.45, 2.75) is 33.7 Å². The molecule has 2 rings (SSSR count). The second-order valence-corrected chi connectivity index (χ2v) is 5.66. The van der Waals surface area contributed by atoms with Gasteiger partial charge in [0.2, 0.25) is 0 Å². The Hall–Kier alpha value is -1.31. The van der Waals surface area contributed by atoms with Gasteiger partial charge in [-0.15, -0.1) is 0 Å². The summed E-state index contributed by atoms with van der Waals surface area (Å²) in [4.78, 5) is 0. The fraction of sp³-hybridized carbons (Fsp3) is 0.333. The molecule has 0 radical (unpaired) electrons. The normalized spacial score (nSPS) is 10.8. The highest BCUT2D eigenvalue weighted by Gasteiger charge is 2.09. The van der Waals surface area contributed by atoms with E-state index >= 15 is 0 Å². The van der Waals surface area contributed by atoms with E-state index in [-0.39, 0.29) is 0 Å². The highest BCUT2D eigenvalue weighted by Crippen LogP contribution is 2.32. The van der Waals surface area contributed by atoms with Crippen LogP contribution in [0.5, 0.6) is 0 Å². The van der Waals surface area contributed by atoms with E-state index in [4.69, 9.17) is 11.6 Å². The molecule has 0 saturated carbocycles. The van der Waals surface area contributed by atoms with Gasteiger partial charge >= 0.3 is 0 Å². The Kier molecular flexibility index (Phi) is 5.22. The van der Waals surface area contributed by atoms with Crippen LogP contribution >= 0.6 is 11.6 Å². The van der Waals surface area contributed by atoms with Crippen molar-refractivity contribution in [1.29, 1.82) is 0 Å². The minimum Gasteiger partial charge on any atom is -0.313 e. The maximum absolute atomic E-state index is 6.45. The van der Waals surface area contributed by atoms with E-state index in [1.807, 2.05) is 0 Å². The summed E-state index contributed by atoms with van der Waals surface area (Å²) in [6.07, 6.45) is 1.15. The third kappa shape index (κ3) is 3.41. The summed E-state index contributed by atoms with van der Waals surface area (Å²) < 4.78 is 0. The fourth-order valence-corrected chi connectivity index (χ4v) is 2.64. The van der Waals surface area contributed by atoms with E-state index in [0.717, 1.165) is 30.1 Å². The fourth-order valence-electron chi connectivity index (χ4n) is 2.32. The average Bonchev–Trinajstić information content (AvgIpc) is 2.44. The predicted octanol–water partition coefficient (Wildman–Crippen LogP) is 5.12. The first kappa shape index (κ1) is 15.1. The van der Waals surface area contributed by atoms with Crippen LogP contribution in [0.15, 0.2) is 36.4 Å². The van der Waals surface area contributed by atoms with Gasteiger partial charge in [0.15, 0.2) is 0 Å². The third-order valence-corrected chi connectivity index (χ3v) is 3.95. The lowest BCUT2D eigenvalue weighted by Gasteiger charge is -2.14. The molecular weight excluding hydrogens is 266 g/mol. The van der Waals surface area contributed by atoms with Crippen LogP contribution in [-0.2, 0) is 6.54 Å². The molecular formula is C18H22ClN. The van der Waals surface area contributed by atoms with Crippen LogP contribution in [0, 0.1) is 13.8 Å². The van der Waals surface area contributed by atoms with E-state index in [2.05, 4.69) is 62.5 Å². The number of aryl methyl sites for hydroxylation is 2. The summed E-state index contributed by atoms with van der Waals surface area (Å²) in [7, 11) is 0. The molecule has 0 aromatic heterocycles. The summed E-state index contributed by atoms with van der Waals surface area (Å²) in [6.45, 7) is 8.33. The van der Waals surface area contributed by atoms with E-state index in [1.165, 1.54) is 22.3 Å². The van der Waals surface area contributed by atoms with Gasteiger partial charge in [0, 0.05) is 17.1 Å². The molecule has 0 fully saturated rings. The molecule has 2 heteroatoms. The van der Waals surface area contributed by atoms with Gasteiger partial charge in [-0.05, 0) is 61.2 Å². The predicted molar refractivity (Wildman–Crippen MR) is 88.4 cm³/mol. The first-order valence-electron chi connectivity index (χ1n) is 7.19. The van der Waals surface area contributed by atoms with Crippen molar-refractivity contribution < 1.29 is 0 Å². The molecule has 0 unspecified atom stereocenters. The number of benzene rings is 2. The van der Waals surface area contributed by atoms with Crippen molar-refractivity contribution in [3.63, 3.8) is 0 Å². The Balaban J connectivity index is 2.39. The van der Waals surface area contributed by atoms with E-state index in [1.54, 1.807) is 0 Å². The average molecular weight is 288 g/mol. The van der Waals surface area contributed by atoms with Gasteiger partial charge in [-0.25, -0.2) is 0 Å². The zero-order valence-corrected chi connectivity index (χ0v) is 13.2. The minimum atomic E-state index is 0.830. The lowest BCUT2D eigenvalue weighted by atomic mass is 9.96. The SMILES string of the molecule is CCCNCc1ccccc1-c1cc(C)c(C)cc1Cl. The van der Waals surface area contributed by atoms with Crippen LogP contribution in [0.1, 0.15) is 30.0 Å². The molecule has 0 saturated heterocycles. The van der Waals surface area contributed by atoms with Crippen molar-refractivity contribution >= 4 is 11.6 Å². The largest absolute Gasteiger partial charge is 0.313 e. The van der Waals surface area contributed by atoms with Crippen LogP contribution in [0.2, 0.25) is 5.02 Å². The molecule has 0 spiro atoms. The van der Waals surface area contributed by atoms with Gasteiger partial charge in [-0.1, -0.05) is 42.8 Å². The molecule has 0 aliphatic heterocycles. The zero-order chi connectivity index (χ0) is 14.5. The summed E-state index contributed by atoms with van der Waals surface area (Å²) >= 11 is 6.45. The highest BCUT2D eigenvalue weighted by atomic mass is 35.5. The second-order valence-electron chi connectivity index (χ2n) is 5.25. The van der Waals surface area contributed by atoms with E-state index in [0.29, 0.717) is 0 Å². The maximum Gasteiger partial charge on any atom is 0.0487 e. The van der Waals surface area contributed by atoms with Gasteiger partial charge in [0.05, 0.1) is 0 Å². The summed E-state index contributed by atoms with van der Waals surface area (Å²) in [6, 6.07) is 12.7. The number of hydrogen-bond acceptors (Lipinski definition) is 1. The lowest BCUT2D eigenvalue weighted by Crippen LogP contribution is -2.14. The number of nitrogens with one attached hydrogen (secondary N) is 1. The quantitative estimate of drug-likeness (QED) is 0.752. The maximum atomic E-state index is 6.45. The molecule has 106 valence electrons. The van der Waals surface area contributed by atoms with Crippen molar-refractivity contribution in [2.24, 2.45) is 0 Å². The number of halogens is 1. The second kappa shape index (κ2) is 6.92. The summed E-state index contributed by atoms with van der Waals surface area (Å²) in [5.41, 5.74) is 6.17. The molecule has 2 aromatic rings. The molecule has 0 amide bonds. The van der Waals surface area contributed by atoms with Crippen LogP contribution in [0.25, 0.3) is 11.1 Å². The van der Waals surface area contributed by atoms with Crippen molar-refractivity contribution in [1.82, 2.24) is 5.32 Å². The van der Waals surface area contributed by atoms with Gasteiger partial charge in [0.25, 0.3) is 0 Å². The molecule has 0 aliphatic carbocycles. The Morgan fingerprint density at radius 1 is 1.00 bits per heavy atom. The van der Waals surface area contributed by atoms with Crippen molar-refractivity contribution in [3.8, 4) is 11.1 Å². The highest BCUT2D eigenvalue weighted by molar-refractivity contribution is 6.33. The van der Waals surface area contributed by atoms with E-state index in [9.17, 15) is 0 Å². The third-order valence-electron chi connectivity index (χ3n) is 3.63. The number of rotatable bonds is 5. The molecule has 1 nitrogen and oxygen atoms in total. The number of hydrogen-bond donors (Lipinski definition) is 1. The van der Waals surface area contributed by atoms with Crippen molar-refractivity contribution in [2.75, 3.05) is 6.54 Å².